The van der Waals surface area contributed by atoms with Crippen LogP contribution < -0.4 is 13.9 Å². The van der Waals surface area contributed by atoms with Gasteiger partial charge in [0.25, 0.3) is 0 Å². The summed E-state index contributed by atoms with van der Waals surface area (Å²) in [6, 6.07) is 15.0. The zero-order valence-electron chi connectivity index (χ0n) is 17.0. The van der Waals surface area contributed by atoms with Gasteiger partial charge in [-0.1, -0.05) is 24.3 Å². The Morgan fingerprint density at radius 3 is 2.38 bits per heavy atom. The molecule has 7 nitrogen and oxygen atoms in total. The number of sulfonamides is 1. The number of amides is 1. The standard InChI is InChI=1S/C21H27N3O4S/c1-17-7-4-5-10-20(17)24(29(3,26)27)16-21(25)23-13-11-22(12-14-23)18-8-6-9-19(15-18)28-2/h4-10,15H,11-14,16H2,1-3H3. The Bertz CT molecular complexity index is 969. The lowest BCUT2D eigenvalue weighted by Crippen LogP contribution is -2.52. The molecule has 1 amide bonds. The number of rotatable bonds is 6. The van der Waals surface area contributed by atoms with Gasteiger partial charge in [-0.05, 0) is 30.7 Å². The molecule has 1 heterocycles. The lowest BCUT2D eigenvalue weighted by molar-refractivity contribution is -0.129. The molecule has 0 aliphatic carbocycles. The van der Waals surface area contributed by atoms with Gasteiger partial charge in [-0.15, -0.1) is 0 Å². The van der Waals surface area contributed by atoms with E-state index in [2.05, 4.69) is 4.90 Å². The fourth-order valence-electron chi connectivity index (χ4n) is 3.47. The van der Waals surface area contributed by atoms with E-state index in [1.807, 2.05) is 43.3 Å². The van der Waals surface area contributed by atoms with Crippen molar-refractivity contribution in [2.45, 2.75) is 6.92 Å². The van der Waals surface area contributed by atoms with Gasteiger partial charge in [0, 0.05) is 37.9 Å². The van der Waals surface area contributed by atoms with E-state index in [9.17, 15) is 13.2 Å². The largest absolute Gasteiger partial charge is 0.497 e. The molecule has 29 heavy (non-hydrogen) atoms. The first-order valence-corrected chi connectivity index (χ1v) is 11.3. The molecule has 156 valence electrons. The molecule has 0 N–H and O–H groups in total. The monoisotopic (exact) mass is 417 g/mol. The van der Waals surface area contributed by atoms with Crippen LogP contribution in [0.3, 0.4) is 0 Å². The first kappa shape index (κ1) is 21.0. The van der Waals surface area contributed by atoms with Gasteiger partial charge in [0.1, 0.15) is 12.3 Å². The highest BCUT2D eigenvalue weighted by atomic mass is 32.2. The Balaban J connectivity index is 1.67. The van der Waals surface area contributed by atoms with Crippen LogP contribution in [-0.2, 0) is 14.8 Å². The molecule has 1 aliphatic rings. The lowest BCUT2D eigenvalue weighted by atomic mass is 10.2. The van der Waals surface area contributed by atoms with Crippen molar-refractivity contribution in [1.29, 1.82) is 0 Å². The van der Waals surface area contributed by atoms with Crippen molar-refractivity contribution in [3.8, 4) is 5.75 Å². The third-order valence-electron chi connectivity index (χ3n) is 5.11. The van der Waals surface area contributed by atoms with Gasteiger partial charge < -0.3 is 14.5 Å². The van der Waals surface area contributed by atoms with E-state index in [-0.39, 0.29) is 12.5 Å². The summed E-state index contributed by atoms with van der Waals surface area (Å²) < 4.78 is 31.1. The summed E-state index contributed by atoms with van der Waals surface area (Å²) >= 11 is 0. The van der Waals surface area contributed by atoms with Crippen LogP contribution in [-0.4, -0.2) is 65.3 Å². The second-order valence-electron chi connectivity index (χ2n) is 7.13. The van der Waals surface area contributed by atoms with Crippen LogP contribution in [0.2, 0.25) is 0 Å². The maximum absolute atomic E-state index is 12.9. The van der Waals surface area contributed by atoms with Crippen molar-refractivity contribution >= 4 is 27.3 Å². The van der Waals surface area contributed by atoms with E-state index in [4.69, 9.17) is 4.74 Å². The second-order valence-corrected chi connectivity index (χ2v) is 9.03. The van der Waals surface area contributed by atoms with Gasteiger partial charge in [-0.25, -0.2) is 8.42 Å². The number of anilines is 2. The van der Waals surface area contributed by atoms with Crippen LogP contribution in [0.25, 0.3) is 0 Å². The van der Waals surface area contributed by atoms with Crippen molar-refractivity contribution in [3.63, 3.8) is 0 Å². The number of methoxy groups -OCH3 is 1. The topological polar surface area (TPSA) is 70.2 Å². The molecular formula is C21H27N3O4S. The summed E-state index contributed by atoms with van der Waals surface area (Å²) in [6.45, 7) is 4.10. The Morgan fingerprint density at radius 1 is 1.07 bits per heavy atom. The van der Waals surface area contributed by atoms with Gasteiger partial charge in [0.15, 0.2) is 0 Å². The fourth-order valence-corrected chi connectivity index (χ4v) is 4.38. The molecule has 1 fully saturated rings. The average molecular weight is 418 g/mol. The van der Waals surface area contributed by atoms with E-state index in [0.29, 0.717) is 31.9 Å². The minimum Gasteiger partial charge on any atom is -0.497 e. The summed E-state index contributed by atoms with van der Waals surface area (Å²) in [4.78, 5) is 16.8. The van der Waals surface area contributed by atoms with Crippen LogP contribution in [0.1, 0.15) is 5.56 Å². The van der Waals surface area contributed by atoms with Crippen molar-refractivity contribution in [1.82, 2.24) is 4.90 Å². The lowest BCUT2D eigenvalue weighted by Gasteiger charge is -2.37. The summed E-state index contributed by atoms with van der Waals surface area (Å²) in [5.74, 6) is 0.604. The van der Waals surface area contributed by atoms with Crippen LogP contribution in [0.5, 0.6) is 5.75 Å². The summed E-state index contributed by atoms with van der Waals surface area (Å²) in [5, 5.41) is 0. The summed E-state index contributed by atoms with van der Waals surface area (Å²) in [7, 11) is -1.94. The molecule has 0 radical (unpaired) electrons. The minimum absolute atomic E-state index is 0.191. The van der Waals surface area contributed by atoms with Crippen molar-refractivity contribution in [2.24, 2.45) is 0 Å². The van der Waals surface area contributed by atoms with Crippen LogP contribution in [0, 0.1) is 6.92 Å². The number of nitrogens with zero attached hydrogens (tertiary/aromatic N) is 3. The van der Waals surface area contributed by atoms with E-state index < -0.39 is 10.0 Å². The number of aryl methyl sites for hydroxylation is 1. The molecule has 0 spiro atoms. The van der Waals surface area contributed by atoms with Gasteiger partial charge in [-0.3, -0.25) is 9.10 Å². The van der Waals surface area contributed by atoms with Crippen molar-refractivity contribution < 1.29 is 17.9 Å². The highest BCUT2D eigenvalue weighted by Gasteiger charge is 2.27. The van der Waals surface area contributed by atoms with Crippen LogP contribution in [0.15, 0.2) is 48.5 Å². The molecule has 1 aliphatic heterocycles. The molecule has 0 atom stereocenters. The van der Waals surface area contributed by atoms with Crippen molar-refractivity contribution in [3.05, 3.63) is 54.1 Å². The average Bonchev–Trinajstić information content (AvgIpc) is 2.72. The van der Waals surface area contributed by atoms with Crippen molar-refractivity contribution in [2.75, 3.05) is 55.3 Å². The number of hydrogen-bond acceptors (Lipinski definition) is 5. The number of para-hydroxylation sites is 1. The van der Waals surface area contributed by atoms with Gasteiger partial charge in [-0.2, -0.15) is 0 Å². The Morgan fingerprint density at radius 2 is 1.76 bits per heavy atom. The summed E-state index contributed by atoms with van der Waals surface area (Å²) in [5.41, 5.74) is 2.40. The summed E-state index contributed by atoms with van der Waals surface area (Å²) in [6.07, 6.45) is 1.13. The van der Waals surface area contributed by atoms with Gasteiger partial charge in [0.2, 0.25) is 15.9 Å². The normalized spacial score (nSPS) is 14.6. The molecule has 2 aromatic rings. The third kappa shape index (κ3) is 5.00. The van der Waals surface area contributed by atoms with Crippen LogP contribution >= 0.6 is 0 Å². The molecule has 3 rings (SSSR count). The number of ether oxygens (including phenoxy) is 1. The quantitative estimate of drug-likeness (QED) is 0.720. The highest BCUT2D eigenvalue weighted by molar-refractivity contribution is 7.92. The van der Waals surface area contributed by atoms with E-state index >= 15 is 0 Å². The third-order valence-corrected chi connectivity index (χ3v) is 6.24. The van der Waals surface area contributed by atoms with Gasteiger partial charge in [0.05, 0.1) is 19.1 Å². The zero-order valence-corrected chi connectivity index (χ0v) is 17.9. The van der Waals surface area contributed by atoms with E-state index in [1.54, 1.807) is 24.1 Å². The molecule has 8 heteroatoms. The van der Waals surface area contributed by atoms with E-state index in [0.717, 1.165) is 23.3 Å². The molecular weight excluding hydrogens is 390 g/mol. The first-order valence-electron chi connectivity index (χ1n) is 9.49. The van der Waals surface area contributed by atoms with Gasteiger partial charge >= 0.3 is 0 Å². The predicted molar refractivity (Wildman–Crippen MR) is 115 cm³/mol. The first-order chi connectivity index (χ1) is 13.8. The second kappa shape index (κ2) is 8.73. The number of carbonyl (C=O) groups excluding carboxylic acids is 1. The predicted octanol–water partition coefficient (Wildman–Crippen LogP) is 2.12. The maximum Gasteiger partial charge on any atom is 0.243 e. The molecule has 2 aromatic carbocycles. The Labute approximate surface area is 172 Å². The SMILES string of the molecule is COc1cccc(N2CCN(C(=O)CN(c3ccccc3C)S(C)(=O)=O)CC2)c1. The number of carbonyl (C=O) groups is 1. The molecule has 0 bridgehead atoms. The van der Waals surface area contributed by atoms with E-state index in [1.165, 1.54) is 4.31 Å². The minimum atomic E-state index is -3.57. The number of piperazine rings is 1. The highest BCUT2D eigenvalue weighted by Crippen LogP contribution is 2.24. The fraction of sp³-hybridized carbons (Fsp3) is 0.381. The molecule has 1 saturated heterocycles. The zero-order chi connectivity index (χ0) is 21.0. The Hall–Kier alpha value is -2.74. The smallest absolute Gasteiger partial charge is 0.243 e. The maximum atomic E-state index is 12.9. The van der Waals surface area contributed by atoms with Crippen LogP contribution in [0.4, 0.5) is 11.4 Å². The Kier molecular flexibility index (Phi) is 6.32. The molecule has 0 aromatic heterocycles. The number of hydrogen-bond donors (Lipinski definition) is 0. The molecule has 0 unspecified atom stereocenters. The number of benzene rings is 2. The molecule has 0 saturated carbocycles.